The van der Waals surface area contributed by atoms with Crippen LogP contribution >= 0.6 is 0 Å². The number of hydrogen-bond donors (Lipinski definition) is 0. The van der Waals surface area contributed by atoms with Gasteiger partial charge in [-0.2, -0.15) is 0 Å². The van der Waals surface area contributed by atoms with Crippen molar-refractivity contribution in [3.8, 4) is 0 Å². The second-order valence-corrected chi connectivity index (χ2v) is 8.47. The van der Waals surface area contributed by atoms with Gasteiger partial charge in [-0.05, 0) is 65.3 Å². The third-order valence-corrected chi connectivity index (χ3v) is 6.02. The lowest BCUT2D eigenvalue weighted by atomic mass is 9.94. The molecule has 3 rings (SSSR count). The fourth-order valence-electron chi connectivity index (χ4n) is 4.57. The largest absolute Gasteiger partial charge is 0.341 e. The van der Waals surface area contributed by atoms with Gasteiger partial charge in [-0.15, -0.1) is 0 Å². The number of amides is 2. The van der Waals surface area contributed by atoms with Gasteiger partial charge in [0.05, 0.1) is 5.92 Å². The Morgan fingerprint density at radius 3 is 2.33 bits per heavy atom. The topological polar surface area (TPSA) is 43.9 Å². The van der Waals surface area contributed by atoms with Gasteiger partial charge in [0.2, 0.25) is 5.91 Å². The van der Waals surface area contributed by atoms with Crippen LogP contribution in [0.1, 0.15) is 47.2 Å². The Labute approximate surface area is 163 Å². The van der Waals surface area contributed by atoms with Crippen molar-refractivity contribution in [1.82, 2.24) is 14.7 Å². The van der Waals surface area contributed by atoms with Crippen LogP contribution in [0, 0.1) is 19.8 Å². The maximum atomic E-state index is 13.1. The van der Waals surface area contributed by atoms with Crippen LogP contribution in [-0.2, 0) is 4.79 Å². The minimum absolute atomic E-state index is 0.0550. The molecule has 1 aromatic rings. The number of piperidine rings is 2. The molecule has 2 heterocycles. The van der Waals surface area contributed by atoms with E-state index in [2.05, 4.69) is 18.0 Å². The summed E-state index contributed by atoms with van der Waals surface area (Å²) in [6.45, 7) is 7.37. The van der Waals surface area contributed by atoms with Crippen molar-refractivity contribution in [3.05, 3.63) is 34.9 Å². The van der Waals surface area contributed by atoms with Crippen molar-refractivity contribution in [3.63, 3.8) is 0 Å². The fourth-order valence-corrected chi connectivity index (χ4v) is 4.57. The van der Waals surface area contributed by atoms with E-state index in [0.717, 1.165) is 62.0 Å². The lowest BCUT2D eigenvalue weighted by Gasteiger charge is -2.39. The molecule has 148 valence electrons. The Morgan fingerprint density at radius 2 is 1.67 bits per heavy atom. The van der Waals surface area contributed by atoms with E-state index in [1.165, 1.54) is 0 Å². The molecule has 2 fully saturated rings. The molecule has 2 amide bonds. The SMILES string of the molecule is Cc1cc(C)cc(C(=O)N2CCC[C@@H](C(=O)N(C)[C@@H]3CCCN(C)C3)C2)c1. The molecule has 1 aromatic carbocycles. The number of carbonyl (C=O) groups is 2. The molecule has 5 heteroatoms. The number of likely N-dealkylation sites (N-methyl/N-ethyl adjacent to an activating group) is 2. The number of aryl methyl sites for hydroxylation is 2. The molecule has 2 aliphatic heterocycles. The number of likely N-dealkylation sites (tertiary alicyclic amines) is 2. The van der Waals surface area contributed by atoms with E-state index in [9.17, 15) is 9.59 Å². The summed E-state index contributed by atoms with van der Waals surface area (Å²) in [7, 11) is 4.06. The van der Waals surface area contributed by atoms with E-state index in [1.807, 2.05) is 42.8 Å². The third kappa shape index (κ3) is 4.70. The summed E-state index contributed by atoms with van der Waals surface area (Å²) in [4.78, 5) is 32.2. The highest BCUT2D eigenvalue weighted by Crippen LogP contribution is 2.23. The van der Waals surface area contributed by atoms with Crippen molar-refractivity contribution in [2.24, 2.45) is 5.92 Å². The normalized spacial score (nSPS) is 23.9. The molecule has 2 atom stereocenters. The zero-order valence-electron chi connectivity index (χ0n) is 17.2. The summed E-state index contributed by atoms with van der Waals surface area (Å²) in [6.07, 6.45) is 3.99. The van der Waals surface area contributed by atoms with E-state index in [1.54, 1.807) is 0 Å². The first-order chi connectivity index (χ1) is 12.8. The van der Waals surface area contributed by atoms with Gasteiger partial charge in [0, 0.05) is 38.3 Å². The molecule has 0 bridgehead atoms. The zero-order chi connectivity index (χ0) is 19.6. The predicted molar refractivity (Wildman–Crippen MR) is 108 cm³/mol. The van der Waals surface area contributed by atoms with E-state index in [-0.39, 0.29) is 17.7 Å². The predicted octanol–water partition coefficient (Wildman–Crippen LogP) is 2.71. The molecular formula is C22H33N3O2. The van der Waals surface area contributed by atoms with Crippen LogP contribution in [0.25, 0.3) is 0 Å². The van der Waals surface area contributed by atoms with Crippen LogP contribution < -0.4 is 0 Å². The van der Waals surface area contributed by atoms with Gasteiger partial charge in [0.15, 0.2) is 0 Å². The summed E-state index contributed by atoms with van der Waals surface area (Å²) >= 11 is 0. The molecule has 0 N–H and O–H groups in total. The first kappa shape index (κ1) is 19.9. The molecule has 2 saturated heterocycles. The van der Waals surface area contributed by atoms with Gasteiger partial charge in [-0.3, -0.25) is 9.59 Å². The van der Waals surface area contributed by atoms with Crippen molar-refractivity contribution in [1.29, 1.82) is 0 Å². The van der Waals surface area contributed by atoms with Crippen molar-refractivity contribution >= 4 is 11.8 Å². The quantitative estimate of drug-likeness (QED) is 0.821. The Morgan fingerprint density at radius 1 is 1.00 bits per heavy atom. The van der Waals surface area contributed by atoms with Gasteiger partial charge in [-0.1, -0.05) is 17.2 Å². The Hall–Kier alpha value is -1.88. The molecule has 0 aliphatic carbocycles. The summed E-state index contributed by atoms with van der Waals surface area (Å²) in [5.41, 5.74) is 2.94. The highest BCUT2D eigenvalue weighted by molar-refractivity contribution is 5.95. The lowest BCUT2D eigenvalue weighted by molar-refractivity contribution is -0.138. The Balaban J connectivity index is 1.66. The minimum Gasteiger partial charge on any atom is -0.341 e. The van der Waals surface area contributed by atoms with Crippen LogP contribution in [0.15, 0.2) is 18.2 Å². The average Bonchev–Trinajstić information content (AvgIpc) is 2.65. The zero-order valence-corrected chi connectivity index (χ0v) is 17.2. The number of rotatable bonds is 3. The maximum Gasteiger partial charge on any atom is 0.253 e. The highest BCUT2D eigenvalue weighted by Gasteiger charge is 2.33. The van der Waals surface area contributed by atoms with E-state index in [4.69, 9.17) is 0 Å². The molecule has 0 spiro atoms. The highest BCUT2D eigenvalue weighted by atomic mass is 16.2. The van der Waals surface area contributed by atoms with Crippen LogP contribution in [0.5, 0.6) is 0 Å². The maximum absolute atomic E-state index is 13.1. The molecule has 0 saturated carbocycles. The van der Waals surface area contributed by atoms with Crippen molar-refractivity contribution in [2.45, 2.75) is 45.6 Å². The number of carbonyl (C=O) groups excluding carboxylic acids is 2. The van der Waals surface area contributed by atoms with Crippen LogP contribution in [0.2, 0.25) is 0 Å². The smallest absolute Gasteiger partial charge is 0.253 e. The lowest BCUT2D eigenvalue weighted by Crippen LogP contribution is -2.52. The van der Waals surface area contributed by atoms with Crippen molar-refractivity contribution in [2.75, 3.05) is 40.3 Å². The van der Waals surface area contributed by atoms with Crippen LogP contribution in [-0.4, -0.2) is 72.8 Å². The monoisotopic (exact) mass is 371 g/mol. The average molecular weight is 372 g/mol. The van der Waals surface area contributed by atoms with Gasteiger partial charge in [0.1, 0.15) is 0 Å². The van der Waals surface area contributed by atoms with E-state index in [0.29, 0.717) is 12.6 Å². The molecular weight excluding hydrogens is 338 g/mol. The molecule has 0 radical (unpaired) electrons. The molecule has 0 unspecified atom stereocenters. The number of benzene rings is 1. The van der Waals surface area contributed by atoms with Gasteiger partial charge in [0.25, 0.3) is 5.91 Å². The molecule has 2 aliphatic rings. The molecule has 27 heavy (non-hydrogen) atoms. The standard InChI is InChI=1S/C22H33N3O2/c1-16-11-17(2)13-19(12-16)22(27)25-10-5-7-18(14-25)21(26)24(4)20-8-6-9-23(3)15-20/h11-13,18,20H,5-10,14-15H2,1-4H3/t18-,20-/m1/s1. The second kappa shape index (κ2) is 8.42. The number of hydrogen-bond acceptors (Lipinski definition) is 3. The molecule has 0 aromatic heterocycles. The number of nitrogens with zero attached hydrogens (tertiary/aromatic N) is 3. The van der Waals surface area contributed by atoms with Crippen molar-refractivity contribution < 1.29 is 9.59 Å². The van der Waals surface area contributed by atoms with Gasteiger partial charge >= 0.3 is 0 Å². The second-order valence-electron chi connectivity index (χ2n) is 8.47. The first-order valence-electron chi connectivity index (χ1n) is 10.2. The van der Waals surface area contributed by atoms with Gasteiger partial charge < -0.3 is 14.7 Å². The summed E-state index contributed by atoms with van der Waals surface area (Å²) in [5, 5.41) is 0. The summed E-state index contributed by atoms with van der Waals surface area (Å²) in [5.74, 6) is 0.179. The summed E-state index contributed by atoms with van der Waals surface area (Å²) < 4.78 is 0. The first-order valence-corrected chi connectivity index (χ1v) is 10.2. The fraction of sp³-hybridized carbons (Fsp3) is 0.636. The van der Waals surface area contributed by atoms with Gasteiger partial charge in [-0.25, -0.2) is 0 Å². The Bertz CT molecular complexity index is 683. The van der Waals surface area contributed by atoms with Crippen LogP contribution in [0.4, 0.5) is 0 Å². The van der Waals surface area contributed by atoms with E-state index < -0.39 is 0 Å². The van der Waals surface area contributed by atoms with E-state index >= 15 is 0 Å². The molecule has 5 nitrogen and oxygen atoms in total. The third-order valence-electron chi connectivity index (χ3n) is 6.02. The summed E-state index contributed by atoms with van der Waals surface area (Å²) in [6, 6.07) is 6.27. The minimum atomic E-state index is -0.0779. The van der Waals surface area contributed by atoms with Crippen LogP contribution in [0.3, 0.4) is 0 Å². The Kier molecular flexibility index (Phi) is 6.20.